The number of aromatic nitrogens is 3. The van der Waals surface area contributed by atoms with Crippen molar-refractivity contribution in [2.24, 2.45) is 7.05 Å². The summed E-state index contributed by atoms with van der Waals surface area (Å²) in [5.41, 5.74) is 1.42. The van der Waals surface area contributed by atoms with E-state index in [1.54, 1.807) is 39.3 Å². The number of anilines is 1. The topological polar surface area (TPSA) is 142 Å². The maximum absolute atomic E-state index is 13.1. The highest BCUT2D eigenvalue weighted by Gasteiger charge is 2.29. The van der Waals surface area contributed by atoms with E-state index in [1.807, 2.05) is 30.3 Å². The van der Waals surface area contributed by atoms with Gasteiger partial charge in [-0.1, -0.05) is 42.1 Å². The van der Waals surface area contributed by atoms with Crippen LogP contribution in [0.25, 0.3) is 0 Å². The zero-order valence-corrected chi connectivity index (χ0v) is 24.0. The molecule has 2 heterocycles. The normalized spacial score (nSPS) is 11.5. The van der Waals surface area contributed by atoms with Gasteiger partial charge in [0.2, 0.25) is 11.8 Å². The molecule has 0 aliphatic heterocycles. The molecule has 2 N–H and O–H groups in total. The fourth-order valence-corrected chi connectivity index (χ4v) is 5.42. The van der Waals surface area contributed by atoms with E-state index >= 15 is 0 Å². The molecule has 1 atom stereocenters. The molecule has 3 aromatic rings. The zero-order valence-electron chi connectivity index (χ0n) is 22.4. The highest BCUT2D eigenvalue weighted by Crippen LogP contribution is 2.35. The standard InChI is InChI=1S/C26H31N5O6S2/c1-6-36-24(34)20-15(3)21(25(35)37-7-2)39-23(20)28-22(33)16(4)38-26-30-29-18(31(26)5)14-27-19(32)13-17-11-9-8-10-12-17/h8-12,16H,6-7,13-14H2,1-5H3,(H,27,32)(H,28,33)/t16-/m0/s1. The Kier molecular flexibility index (Phi) is 10.6. The first-order valence-electron chi connectivity index (χ1n) is 12.3. The number of nitrogens with zero attached hydrogens (tertiary/aromatic N) is 3. The van der Waals surface area contributed by atoms with Crippen LogP contribution in [0.1, 0.15) is 57.8 Å². The van der Waals surface area contributed by atoms with Crippen LogP contribution in [-0.2, 0) is 39.1 Å². The van der Waals surface area contributed by atoms with Crippen molar-refractivity contribution >= 4 is 51.9 Å². The molecule has 0 aliphatic carbocycles. The van der Waals surface area contributed by atoms with E-state index in [-0.39, 0.29) is 47.5 Å². The number of nitrogens with one attached hydrogen (secondary N) is 2. The van der Waals surface area contributed by atoms with Crippen molar-refractivity contribution in [2.75, 3.05) is 18.5 Å². The van der Waals surface area contributed by atoms with Crippen molar-refractivity contribution < 1.29 is 28.7 Å². The average molecular weight is 574 g/mol. The van der Waals surface area contributed by atoms with E-state index < -0.39 is 23.1 Å². The summed E-state index contributed by atoms with van der Waals surface area (Å²) in [6.07, 6.45) is 0.255. The predicted molar refractivity (Wildman–Crippen MR) is 148 cm³/mol. The Labute approximate surface area is 234 Å². The van der Waals surface area contributed by atoms with Gasteiger partial charge < -0.3 is 24.7 Å². The average Bonchev–Trinajstić information content (AvgIpc) is 3.42. The molecule has 11 nitrogen and oxygen atoms in total. The molecule has 0 bridgehead atoms. The second-order valence-corrected chi connectivity index (χ2v) is 10.7. The molecule has 2 aromatic heterocycles. The summed E-state index contributed by atoms with van der Waals surface area (Å²) in [6, 6.07) is 9.41. The second kappa shape index (κ2) is 13.9. The minimum atomic E-state index is -0.635. The summed E-state index contributed by atoms with van der Waals surface area (Å²) in [6.45, 7) is 7.16. The molecule has 2 amide bonds. The lowest BCUT2D eigenvalue weighted by atomic mass is 10.1. The molecular weight excluding hydrogens is 542 g/mol. The summed E-state index contributed by atoms with van der Waals surface area (Å²) in [5, 5.41) is 13.9. The summed E-state index contributed by atoms with van der Waals surface area (Å²) < 4.78 is 11.9. The maximum Gasteiger partial charge on any atom is 0.348 e. The fraction of sp³-hybridized carbons (Fsp3) is 0.385. The van der Waals surface area contributed by atoms with Gasteiger partial charge in [-0.05, 0) is 38.8 Å². The Bertz CT molecular complexity index is 1340. The molecule has 39 heavy (non-hydrogen) atoms. The van der Waals surface area contributed by atoms with Gasteiger partial charge >= 0.3 is 11.9 Å². The molecule has 0 aliphatic rings. The molecule has 3 rings (SSSR count). The summed E-state index contributed by atoms with van der Waals surface area (Å²) in [4.78, 5) is 50.5. The highest BCUT2D eigenvalue weighted by atomic mass is 32.2. The number of esters is 2. The van der Waals surface area contributed by atoms with Crippen LogP contribution in [0.3, 0.4) is 0 Å². The molecule has 0 radical (unpaired) electrons. The van der Waals surface area contributed by atoms with Crippen molar-refractivity contribution in [1.29, 1.82) is 0 Å². The van der Waals surface area contributed by atoms with Crippen molar-refractivity contribution in [3.8, 4) is 0 Å². The molecule has 0 unspecified atom stereocenters. The van der Waals surface area contributed by atoms with Gasteiger partial charge in [-0.3, -0.25) is 9.59 Å². The van der Waals surface area contributed by atoms with Gasteiger partial charge in [-0.15, -0.1) is 21.5 Å². The van der Waals surface area contributed by atoms with Crippen LogP contribution in [0.4, 0.5) is 5.00 Å². The van der Waals surface area contributed by atoms with Crippen molar-refractivity contribution in [3.63, 3.8) is 0 Å². The van der Waals surface area contributed by atoms with Gasteiger partial charge in [-0.2, -0.15) is 0 Å². The summed E-state index contributed by atoms with van der Waals surface area (Å²) in [5.74, 6) is -1.22. The van der Waals surface area contributed by atoms with Gasteiger partial charge in [0.15, 0.2) is 11.0 Å². The number of benzene rings is 1. The van der Waals surface area contributed by atoms with Gasteiger partial charge in [0.25, 0.3) is 0 Å². The first-order valence-corrected chi connectivity index (χ1v) is 14.0. The number of carbonyl (C=O) groups is 4. The summed E-state index contributed by atoms with van der Waals surface area (Å²) >= 11 is 2.13. The molecule has 0 spiro atoms. The minimum Gasteiger partial charge on any atom is -0.462 e. The van der Waals surface area contributed by atoms with Gasteiger partial charge in [-0.25, -0.2) is 9.59 Å². The highest BCUT2D eigenvalue weighted by molar-refractivity contribution is 8.00. The quantitative estimate of drug-likeness (QED) is 0.246. The summed E-state index contributed by atoms with van der Waals surface area (Å²) in [7, 11) is 1.75. The van der Waals surface area contributed by atoms with Crippen molar-refractivity contribution in [3.05, 3.63) is 57.7 Å². The van der Waals surface area contributed by atoms with Crippen LogP contribution < -0.4 is 10.6 Å². The first-order chi connectivity index (χ1) is 18.7. The third-order valence-corrected chi connectivity index (χ3v) is 7.87. The Balaban J connectivity index is 1.66. The third kappa shape index (κ3) is 7.67. The van der Waals surface area contributed by atoms with Gasteiger partial charge in [0.1, 0.15) is 9.88 Å². The van der Waals surface area contributed by atoms with E-state index in [0.29, 0.717) is 16.5 Å². The van der Waals surface area contributed by atoms with Crippen LogP contribution in [0.5, 0.6) is 0 Å². The lowest BCUT2D eigenvalue weighted by Crippen LogP contribution is -2.26. The van der Waals surface area contributed by atoms with E-state index in [0.717, 1.165) is 16.9 Å². The van der Waals surface area contributed by atoms with E-state index in [9.17, 15) is 19.2 Å². The molecule has 0 saturated heterocycles. The molecule has 0 saturated carbocycles. The predicted octanol–water partition coefficient (Wildman–Crippen LogP) is 3.52. The first kappa shape index (κ1) is 29.8. The lowest BCUT2D eigenvalue weighted by molar-refractivity contribution is -0.120. The Morgan fingerprint density at radius 1 is 1.05 bits per heavy atom. The molecule has 0 fully saturated rings. The van der Waals surface area contributed by atoms with E-state index in [1.165, 1.54) is 11.8 Å². The van der Waals surface area contributed by atoms with Crippen LogP contribution in [-0.4, -0.2) is 57.0 Å². The zero-order chi connectivity index (χ0) is 28.5. The molecular formula is C26H31N5O6S2. The number of thioether (sulfide) groups is 1. The molecule has 208 valence electrons. The lowest BCUT2D eigenvalue weighted by Gasteiger charge is -2.12. The van der Waals surface area contributed by atoms with Crippen LogP contribution in [0.15, 0.2) is 35.5 Å². The number of amides is 2. The molecule has 13 heteroatoms. The third-order valence-electron chi connectivity index (χ3n) is 5.55. The van der Waals surface area contributed by atoms with E-state index in [2.05, 4.69) is 20.8 Å². The van der Waals surface area contributed by atoms with Crippen molar-refractivity contribution in [1.82, 2.24) is 20.1 Å². The smallest absolute Gasteiger partial charge is 0.348 e. The van der Waals surface area contributed by atoms with Crippen LogP contribution in [0.2, 0.25) is 0 Å². The number of thiophene rings is 1. The van der Waals surface area contributed by atoms with Crippen LogP contribution in [0, 0.1) is 6.92 Å². The van der Waals surface area contributed by atoms with Gasteiger partial charge in [0, 0.05) is 7.05 Å². The Hall–Kier alpha value is -3.71. The number of carbonyl (C=O) groups excluding carboxylic acids is 4. The number of hydrogen-bond acceptors (Lipinski definition) is 10. The number of hydrogen-bond donors (Lipinski definition) is 2. The Morgan fingerprint density at radius 2 is 1.72 bits per heavy atom. The maximum atomic E-state index is 13.1. The monoisotopic (exact) mass is 573 g/mol. The fourth-order valence-electron chi connectivity index (χ4n) is 3.49. The van der Waals surface area contributed by atoms with Gasteiger partial charge in [0.05, 0.1) is 37.0 Å². The number of rotatable bonds is 12. The van der Waals surface area contributed by atoms with Crippen LogP contribution >= 0.6 is 23.1 Å². The van der Waals surface area contributed by atoms with E-state index in [4.69, 9.17) is 9.47 Å². The Morgan fingerprint density at radius 3 is 2.38 bits per heavy atom. The number of ether oxygens (including phenoxy) is 2. The van der Waals surface area contributed by atoms with Crippen molar-refractivity contribution in [2.45, 2.75) is 51.1 Å². The minimum absolute atomic E-state index is 0.127. The SMILES string of the molecule is CCOC(=O)c1sc(NC(=O)[C@H](C)Sc2nnc(CNC(=O)Cc3ccccc3)n2C)c(C(=O)OCC)c1C. The largest absolute Gasteiger partial charge is 0.462 e. The second-order valence-electron chi connectivity index (χ2n) is 8.35. The molecule has 1 aromatic carbocycles.